The molecule has 1 amide bonds. The number of nitrogens with one attached hydrogen (secondary N) is 1. The Morgan fingerprint density at radius 1 is 1.07 bits per heavy atom. The summed E-state index contributed by atoms with van der Waals surface area (Å²) in [6.07, 6.45) is 1.49. The van der Waals surface area contributed by atoms with E-state index in [0.717, 1.165) is 29.6 Å². The second-order valence-corrected chi connectivity index (χ2v) is 6.89. The summed E-state index contributed by atoms with van der Waals surface area (Å²) in [5.74, 6) is 1.34. The van der Waals surface area contributed by atoms with Crippen LogP contribution < -0.4 is 15.2 Å². The number of benzene rings is 2. The number of aromatic amines is 1. The number of fused-ring (bicyclic) bond motifs is 1. The van der Waals surface area contributed by atoms with Gasteiger partial charge in [-0.05, 0) is 49.2 Å². The second-order valence-electron chi connectivity index (χ2n) is 6.89. The maximum Gasteiger partial charge on any atom is 0.326 e. The van der Waals surface area contributed by atoms with Gasteiger partial charge in [-0.3, -0.25) is 9.36 Å². The molecule has 7 nitrogen and oxygen atoms in total. The van der Waals surface area contributed by atoms with Gasteiger partial charge < -0.3 is 19.4 Å². The summed E-state index contributed by atoms with van der Waals surface area (Å²) in [7, 11) is 1.60. The van der Waals surface area contributed by atoms with Crippen molar-refractivity contribution in [3.05, 3.63) is 59.0 Å². The molecular formula is C21H23N3O4. The lowest BCUT2D eigenvalue weighted by atomic mass is 10.0. The van der Waals surface area contributed by atoms with Crippen LogP contribution in [0, 0.1) is 0 Å². The van der Waals surface area contributed by atoms with Crippen molar-refractivity contribution in [1.29, 1.82) is 0 Å². The molecule has 1 fully saturated rings. The minimum absolute atomic E-state index is 0.00400. The van der Waals surface area contributed by atoms with Gasteiger partial charge in [-0.25, -0.2) is 4.79 Å². The second kappa shape index (κ2) is 7.80. The number of methoxy groups -OCH3 is 1. The van der Waals surface area contributed by atoms with Gasteiger partial charge in [0, 0.05) is 19.1 Å². The minimum atomic E-state index is -0.0891. The van der Waals surface area contributed by atoms with Gasteiger partial charge in [-0.2, -0.15) is 0 Å². The van der Waals surface area contributed by atoms with E-state index in [2.05, 4.69) is 4.98 Å². The smallest absolute Gasteiger partial charge is 0.326 e. The van der Waals surface area contributed by atoms with Gasteiger partial charge in [0.15, 0.2) is 6.61 Å². The number of H-pyrrole nitrogens is 1. The normalized spacial score (nSPS) is 15.0. The van der Waals surface area contributed by atoms with E-state index in [1.807, 2.05) is 28.8 Å². The van der Waals surface area contributed by atoms with Crippen LogP contribution in [0.5, 0.6) is 11.5 Å². The van der Waals surface area contributed by atoms with Crippen molar-refractivity contribution in [1.82, 2.24) is 14.5 Å². The van der Waals surface area contributed by atoms with E-state index in [9.17, 15) is 9.59 Å². The highest BCUT2D eigenvalue weighted by atomic mass is 16.5. The molecule has 7 heteroatoms. The van der Waals surface area contributed by atoms with E-state index >= 15 is 0 Å². The van der Waals surface area contributed by atoms with Gasteiger partial charge in [0.25, 0.3) is 5.91 Å². The molecule has 28 heavy (non-hydrogen) atoms. The molecule has 1 aliphatic rings. The largest absolute Gasteiger partial charge is 0.497 e. The summed E-state index contributed by atoms with van der Waals surface area (Å²) in [4.78, 5) is 29.5. The van der Waals surface area contributed by atoms with Crippen LogP contribution in [0.1, 0.15) is 18.9 Å². The molecule has 0 atom stereocenters. The number of likely N-dealkylation sites (tertiary alicyclic amines) is 1. The molecule has 1 aliphatic heterocycles. The molecule has 1 N–H and O–H groups in total. The van der Waals surface area contributed by atoms with Crippen molar-refractivity contribution in [3.8, 4) is 11.5 Å². The number of piperidine rings is 1. The van der Waals surface area contributed by atoms with Crippen LogP contribution >= 0.6 is 0 Å². The average molecular weight is 381 g/mol. The summed E-state index contributed by atoms with van der Waals surface area (Å²) in [6.45, 7) is 1.23. The van der Waals surface area contributed by atoms with Gasteiger partial charge in [-0.1, -0.05) is 12.1 Å². The van der Waals surface area contributed by atoms with Crippen molar-refractivity contribution in [3.63, 3.8) is 0 Å². The third-order valence-corrected chi connectivity index (χ3v) is 5.23. The number of para-hydroxylation sites is 2. The van der Waals surface area contributed by atoms with Crippen molar-refractivity contribution in [2.75, 3.05) is 26.8 Å². The number of aromatic nitrogens is 2. The summed E-state index contributed by atoms with van der Waals surface area (Å²) in [5.41, 5.74) is 1.67. The highest BCUT2D eigenvalue weighted by Gasteiger charge is 2.26. The van der Waals surface area contributed by atoms with E-state index in [0.29, 0.717) is 18.8 Å². The molecule has 2 heterocycles. The minimum Gasteiger partial charge on any atom is -0.497 e. The molecule has 3 aromatic rings. The lowest BCUT2D eigenvalue weighted by Gasteiger charge is -2.32. The molecule has 1 saturated heterocycles. The summed E-state index contributed by atoms with van der Waals surface area (Å²) < 4.78 is 12.5. The number of rotatable bonds is 5. The van der Waals surface area contributed by atoms with Crippen molar-refractivity contribution in [2.45, 2.75) is 18.9 Å². The van der Waals surface area contributed by atoms with E-state index in [1.54, 1.807) is 36.3 Å². The first kappa shape index (κ1) is 18.2. The van der Waals surface area contributed by atoms with E-state index in [1.165, 1.54) is 0 Å². The number of hydrogen-bond acceptors (Lipinski definition) is 4. The number of carbonyl (C=O) groups is 1. The fourth-order valence-corrected chi connectivity index (χ4v) is 3.72. The Morgan fingerprint density at radius 2 is 1.75 bits per heavy atom. The molecule has 4 rings (SSSR count). The van der Waals surface area contributed by atoms with Crippen molar-refractivity contribution in [2.24, 2.45) is 0 Å². The first-order chi connectivity index (χ1) is 13.7. The lowest BCUT2D eigenvalue weighted by Crippen LogP contribution is -2.42. The summed E-state index contributed by atoms with van der Waals surface area (Å²) in [5, 5.41) is 0. The number of carbonyl (C=O) groups excluding carboxylic acids is 1. The number of amides is 1. The Balaban J connectivity index is 1.35. The number of nitrogens with zero attached hydrogens (tertiary/aromatic N) is 2. The van der Waals surface area contributed by atoms with Gasteiger partial charge in [0.05, 0.1) is 18.1 Å². The number of ether oxygens (including phenoxy) is 2. The monoisotopic (exact) mass is 381 g/mol. The summed E-state index contributed by atoms with van der Waals surface area (Å²) >= 11 is 0. The standard InChI is InChI=1S/C21H23N3O4/c1-27-16-6-8-17(9-7-16)28-14-20(25)23-12-10-15(11-13-23)24-19-5-3-2-4-18(19)22-21(24)26/h2-9,15H,10-14H2,1H3,(H,22,26). The van der Waals surface area contributed by atoms with Crippen LogP contribution in [0.15, 0.2) is 53.3 Å². The molecule has 0 saturated carbocycles. The van der Waals surface area contributed by atoms with Crippen molar-refractivity contribution >= 4 is 16.9 Å². The molecule has 0 bridgehead atoms. The number of imidazole rings is 1. The van der Waals surface area contributed by atoms with E-state index in [4.69, 9.17) is 9.47 Å². The average Bonchev–Trinajstić information content (AvgIpc) is 3.08. The zero-order chi connectivity index (χ0) is 19.5. The Bertz CT molecular complexity index is 1010. The third kappa shape index (κ3) is 3.60. The maximum atomic E-state index is 12.5. The zero-order valence-electron chi connectivity index (χ0n) is 15.8. The quantitative estimate of drug-likeness (QED) is 0.737. The fourth-order valence-electron chi connectivity index (χ4n) is 3.72. The van der Waals surface area contributed by atoms with Gasteiger partial charge >= 0.3 is 5.69 Å². The lowest BCUT2D eigenvalue weighted by molar-refractivity contribution is -0.134. The molecule has 1 aromatic heterocycles. The van der Waals surface area contributed by atoms with E-state index < -0.39 is 0 Å². The zero-order valence-corrected chi connectivity index (χ0v) is 15.8. The first-order valence-corrected chi connectivity index (χ1v) is 9.39. The topological polar surface area (TPSA) is 76.6 Å². The van der Waals surface area contributed by atoms with Gasteiger partial charge in [0.2, 0.25) is 0 Å². The SMILES string of the molecule is COc1ccc(OCC(=O)N2CCC(n3c(=O)[nH]c4ccccc43)CC2)cc1. The van der Waals surface area contributed by atoms with Gasteiger partial charge in [-0.15, -0.1) is 0 Å². The maximum absolute atomic E-state index is 12.5. The predicted octanol–water partition coefficient (Wildman–Crippen LogP) is 2.58. The molecule has 0 spiro atoms. The van der Waals surface area contributed by atoms with Crippen LogP contribution in [0.2, 0.25) is 0 Å². The number of hydrogen-bond donors (Lipinski definition) is 1. The molecule has 2 aromatic carbocycles. The fraction of sp³-hybridized carbons (Fsp3) is 0.333. The summed E-state index contributed by atoms with van der Waals surface area (Å²) in [6, 6.07) is 14.9. The van der Waals surface area contributed by atoms with Crippen molar-refractivity contribution < 1.29 is 14.3 Å². The Labute approximate surface area is 162 Å². The Morgan fingerprint density at radius 3 is 2.46 bits per heavy atom. The first-order valence-electron chi connectivity index (χ1n) is 9.39. The van der Waals surface area contributed by atoms with Gasteiger partial charge in [0.1, 0.15) is 11.5 Å². The highest BCUT2D eigenvalue weighted by Crippen LogP contribution is 2.25. The molecule has 0 unspecified atom stereocenters. The molecule has 0 radical (unpaired) electrons. The molecule has 0 aliphatic carbocycles. The molecular weight excluding hydrogens is 358 g/mol. The Kier molecular flexibility index (Phi) is 5.06. The van der Waals surface area contributed by atoms with E-state index in [-0.39, 0.29) is 24.2 Å². The van der Waals surface area contributed by atoms with Crippen LogP contribution in [0.25, 0.3) is 11.0 Å². The highest BCUT2D eigenvalue weighted by molar-refractivity contribution is 5.78. The predicted molar refractivity (Wildman–Crippen MR) is 106 cm³/mol. The molecule has 146 valence electrons. The Hall–Kier alpha value is -3.22. The van der Waals surface area contributed by atoms with Crippen LogP contribution in [-0.4, -0.2) is 47.2 Å². The van der Waals surface area contributed by atoms with Crippen LogP contribution in [0.3, 0.4) is 0 Å². The van der Waals surface area contributed by atoms with Crippen LogP contribution in [-0.2, 0) is 4.79 Å². The third-order valence-electron chi connectivity index (χ3n) is 5.23. The van der Waals surface area contributed by atoms with Crippen LogP contribution in [0.4, 0.5) is 0 Å².